The van der Waals surface area contributed by atoms with Crippen molar-refractivity contribution in [2.75, 3.05) is 5.32 Å². The second-order valence-corrected chi connectivity index (χ2v) is 5.14. The van der Waals surface area contributed by atoms with Crippen molar-refractivity contribution in [2.45, 2.75) is 6.54 Å². The van der Waals surface area contributed by atoms with Gasteiger partial charge in [0.15, 0.2) is 0 Å². The van der Waals surface area contributed by atoms with Gasteiger partial charge in [-0.1, -0.05) is 46.3 Å². The molecule has 3 heteroatoms. The van der Waals surface area contributed by atoms with Gasteiger partial charge in [0.25, 0.3) is 0 Å². The molecule has 1 heterocycles. The van der Waals surface area contributed by atoms with E-state index in [0.717, 1.165) is 22.2 Å². The summed E-state index contributed by atoms with van der Waals surface area (Å²) in [5.74, 6) is 0. The lowest BCUT2D eigenvalue weighted by molar-refractivity contribution is 1.15. The van der Waals surface area contributed by atoms with Crippen LogP contribution in [0.5, 0.6) is 0 Å². The van der Waals surface area contributed by atoms with Gasteiger partial charge in [-0.2, -0.15) is 0 Å². The Morgan fingerprint density at radius 2 is 1.78 bits per heavy atom. The van der Waals surface area contributed by atoms with Crippen LogP contribution >= 0.6 is 15.9 Å². The van der Waals surface area contributed by atoms with Crippen LogP contribution in [0.25, 0.3) is 10.9 Å². The molecule has 0 unspecified atom stereocenters. The van der Waals surface area contributed by atoms with Crippen LogP contribution in [0.3, 0.4) is 0 Å². The Morgan fingerprint density at radius 3 is 2.61 bits per heavy atom. The number of halogens is 1. The van der Waals surface area contributed by atoms with Crippen molar-refractivity contribution >= 4 is 32.5 Å². The van der Waals surface area contributed by atoms with Crippen LogP contribution in [0.4, 0.5) is 5.69 Å². The third-order valence-electron chi connectivity index (χ3n) is 2.99. The number of hydrogen-bond acceptors (Lipinski definition) is 1. The number of benzene rings is 2. The molecule has 2 nitrogen and oxygen atoms in total. The molecule has 0 saturated carbocycles. The van der Waals surface area contributed by atoms with E-state index < -0.39 is 0 Å². The summed E-state index contributed by atoms with van der Waals surface area (Å²) in [6, 6.07) is 16.7. The van der Waals surface area contributed by atoms with Gasteiger partial charge in [0.2, 0.25) is 0 Å². The molecular weight excluding hydrogens is 288 g/mol. The molecule has 2 aromatic carbocycles. The number of aromatic amines is 1. The summed E-state index contributed by atoms with van der Waals surface area (Å²) in [5.41, 5.74) is 3.58. The van der Waals surface area contributed by atoms with Gasteiger partial charge >= 0.3 is 0 Å². The highest BCUT2D eigenvalue weighted by molar-refractivity contribution is 9.10. The van der Waals surface area contributed by atoms with Gasteiger partial charge in [0, 0.05) is 28.1 Å². The first kappa shape index (κ1) is 11.4. The van der Waals surface area contributed by atoms with E-state index in [1.807, 2.05) is 12.3 Å². The number of hydrogen-bond donors (Lipinski definition) is 2. The Bertz CT molecular complexity index is 656. The molecule has 1 aromatic heterocycles. The molecule has 0 fully saturated rings. The molecule has 0 bridgehead atoms. The van der Waals surface area contributed by atoms with E-state index in [2.05, 4.69) is 68.7 Å². The lowest BCUT2D eigenvalue weighted by Crippen LogP contribution is -1.98. The van der Waals surface area contributed by atoms with E-state index >= 15 is 0 Å². The predicted molar refractivity (Wildman–Crippen MR) is 79.8 cm³/mol. The zero-order chi connectivity index (χ0) is 12.4. The average molecular weight is 301 g/mol. The van der Waals surface area contributed by atoms with E-state index in [1.54, 1.807) is 0 Å². The fraction of sp³-hybridized carbons (Fsp3) is 0.0667. The molecule has 3 aromatic rings. The van der Waals surface area contributed by atoms with Gasteiger partial charge in [-0.3, -0.25) is 0 Å². The highest BCUT2D eigenvalue weighted by Gasteiger charge is 2.01. The molecule has 0 spiro atoms. The van der Waals surface area contributed by atoms with Gasteiger partial charge < -0.3 is 10.3 Å². The first-order chi connectivity index (χ1) is 8.83. The minimum atomic E-state index is 0.828. The topological polar surface area (TPSA) is 27.8 Å². The van der Waals surface area contributed by atoms with Crippen molar-refractivity contribution in [3.63, 3.8) is 0 Å². The minimum absolute atomic E-state index is 0.828. The molecule has 18 heavy (non-hydrogen) atoms. The molecule has 0 aliphatic rings. The minimum Gasteiger partial charge on any atom is -0.379 e. The molecule has 2 N–H and O–H groups in total. The van der Waals surface area contributed by atoms with Gasteiger partial charge in [0.05, 0.1) is 5.69 Å². The lowest BCUT2D eigenvalue weighted by Gasteiger charge is -2.05. The van der Waals surface area contributed by atoms with Crippen molar-refractivity contribution in [3.8, 4) is 0 Å². The Balaban J connectivity index is 1.79. The highest BCUT2D eigenvalue weighted by atomic mass is 79.9. The van der Waals surface area contributed by atoms with Crippen molar-refractivity contribution in [2.24, 2.45) is 0 Å². The first-order valence-corrected chi connectivity index (χ1v) is 6.67. The fourth-order valence-electron chi connectivity index (χ4n) is 2.02. The van der Waals surface area contributed by atoms with Crippen molar-refractivity contribution in [1.82, 2.24) is 4.98 Å². The zero-order valence-corrected chi connectivity index (χ0v) is 11.4. The van der Waals surface area contributed by atoms with Crippen LogP contribution in [0, 0.1) is 0 Å². The standard InChI is InChI=1S/C15H13BrN2/c16-12-7-5-11(6-8-12)9-17-15-10-18-14-4-2-1-3-13(14)15/h1-8,10,17-18H,9H2. The smallest absolute Gasteiger partial charge is 0.0600 e. The van der Waals surface area contributed by atoms with Gasteiger partial charge in [0.1, 0.15) is 0 Å². The summed E-state index contributed by atoms with van der Waals surface area (Å²) in [7, 11) is 0. The van der Waals surface area contributed by atoms with E-state index in [0.29, 0.717) is 0 Å². The maximum atomic E-state index is 3.46. The van der Waals surface area contributed by atoms with Crippen LogP contribution in [0.2, 0.25) is 0 Å². The molecule has 0 saturated heterocycles. The molecule has 0 aliphatic heterocycles. The number of para-hydroxylation sites is 1. The number of aromatic nitrogens is 1. The average Bonchev–Trinajstić information content (AvgIpc) is 2.82. The van der Waals surface area contributed by atoms with Crippen LogP contribution in [0.1, 0.15) is 5.56 Å². The maximum Gasteiger partial charge on any atom is 0.0600 e. The quantitative estimate of drug-likeness (QED) is 0.730. The van der Waals surface area contributed by atoms with Crippen LogP contribution < -0.4 is 5.32 Å². The van der Waals surface area contributed by atoms with E-state index in [4.69, 9.17) is 0 Å². The summed E-state index contributed by atoms with van der Waals surface area (Å²) in [5, 5.41) is 4.69. The Labute approximate surface area is 114 Å². The van der Waals surface area contributed by atoms with Crippen molar-refractivity contribution in [3.05, 3.63) is 64.8 Å². The summed E-state index contributed by atoms with van der Waals surface area (Å²) in [4.78, 5) is 3.26. The second-order valence-electron chi connectivity index (χ2n) is 4.23. The molecule has 90 valence electrons. The predicted octanol–water partition coefficient (Wildman–Crippen LogP) is 4.54. The third-order valence-corrected chi connectivity index (χ3v) is 3.51. The normalized spacial score (nSPS) is 10.7. The van der Waals surface area contributed by atoms with E-state index in [-0.39, 0.29) is 0 Å². The van der Waals surface area contributed by atoms with Crippen molar-refractivity contribution in [1.29, 1.82) is 0 Å². The van der Waals surface area contributed by atoms with Gasteiger partial charge in [-0.15, -0.1) is 0 Å². The first-order valence-electron chi connectivity index (χ1n) is 5.87. The van der Waals surface area contributed by atoms with E-state index in [9.17, 15) is 0 Å². The maximum absolute atomic E-state index is 3.46. The molecular formula is C15H13BrN2. The summed E-state index contributed by atoms with van der Waals surface area (Å²) in [6.45, 7) is 0.828. The Kier molecular flexibility index (Phi) is 3.07. The number of fused-ring (bicyclic) bond motifs is 1. The molecule has 0 amide bonds. The largest absolute Gasteiger partial charge is 0.379 e. The SMILES string of the molecule is Brc1ccc(CNc2c[nH]c3ccccc23)cc1. The number of anilines is 1. The molecule has 0 aliphatic carbocycles. The fourth-order valence-corrected chi connectivity index (χ4v) is 2.28. The summed E-state index contributed by atoms with van der Waals surface area (Å²) in [6.07, 6.45) is 2.02. The van der Waals surface area contributed by atoms with E-state index in [1.165, 1.54) is 10.9 Å². The van der Waals surface area contributed by atoms with Gasteiger partial charge in [-0.25, -0.2) is 0 Å². The number of H-pyrrole nitrogens is 1. The molecule has 0 radical (unpaired) electrons. The van der Waals surface area contributed by atoms with Crippen LogP contribution in [0.15, 0.2) is 59.2 Å². The Morgan fingerprint density at radius 1 is 1.00 bits per heavy atom. The summed E-state index contributed by atoms with van der Waals surface area (Å²) < 4.78 is 1.11. The van der Waals surface area contributed by atoms with Crippen molar-refractivity contribution < 1.29 is 0 Å². The summed E-state index contributed by atoms with van der Waals surface area (Å²) >= 11 is 3.44. The van der Waals surface area contributed by atoms with Crippen LogP contribution in [-0.2, 0) is 6.54 Å². The zero-order valence-electron chi connectivity index (χ0n) is 9.78. The lowest BCUT2D eigenvalue weighted by atomic mass is 10.2. The third kappa shape index (κ3) is 2.27. The second kappa shape index (κ2) is 4.86. The highest BCUT2D eigenvalue weighted by Crippen LogP contribution is 2.23. The van der Waals surface area contributed by atoms with Gasteiger partial charge in [-0.05, 0) is 23.8 Å². The molecule has 0 atom stereocenters. The monoisotopic (exact) mass is 300 g/mol. The Hall–Kier alpha value is -1.74. The number of rotatable bonds is 3. The molecule has 3 rings (SSSR count). The van der Waals surface area contributed by atoms with Crippen LogP contribution in [-0.4, -0.2) is 4.98 Å². The number of nitrogens with one attached hydrogen (secondary N) is 2.